The van der Waals surface area contributed by atoms with Gasteiger partial charge in [0.25, 0.3) is 0 Å². The normalized spacial score (nSPS) is 16.8. The number of β-amino-alcohol motifs (C(OH)–C–C–N with tert-alkyl or cyclic N) is 1. The number of aliphatic imine (C=N–C) groups is 1. The van der Waals surface area contributed by atoms with Crippen LogP contribution in [0.25, 0.3) is 0 Å². The van der Waals surface area contributed by atoms with Gasteiger partial charge in [-0.3, -0.25) is 9.69 Å². The van der Waals surface area contributed by atoms with E-state index in [9.17, 15) is 9.90 Å². The second-order valence-corrected chi connectivity index (χ2v) is 7.56. The van der Waals surface area contributed by atoms with Crippen LogP contribution in [0.2, 0.25) is 0 Å². The largest absolute Gasteiger partial charge is 0.392 e. The predicted molar refractivity (Wildman–Crippen MR) is 128 cm³/mol. The third kappa shape index (κ3) is 9.14. The predicted octanol–water partition coefficient (Wildman–Crippen LogP) is 1.57. The van der Waals surface area contributed by atoms with E-state index in [-0.39, 0.29) is 42.5 Å². The van der Waals surface area contributed by atoms with E-state index < -0.39 is 0 Å². The zero-order chi connectivity index (χ0) is 20.5. The molecule has 7 nitrogen and oxygen atoms in total. The summed E-state index contributed by atoms with van der Waals surface area (Å²) in [7, 11) is 3.46. The van der Waals surface area contributed by atoms with Crippen molar-refractivity contribution in [2.75, 3.05) is 40.3 Å². The number of likely N-dealkylation sites (N-methyl/N-ethyl adjacent to an activating group) is 1. The van der Waals surface area contributed by atoms with E-state index in [1.165, 1.54) is 5.56 Å². The van der Waals surface area contributed by atoms with Crippen LogP contribution >= 0.6 is 24.0 Å². The van der Waals surface area contributed by atoms with Gasteiger partial charge in [0, 0.05) is 40.3 Å². The molecule has 1 saturated heterocycles. The van der Waals surface area contributed by atoms with Crippen LogP contribution in [-0.4, -0.2) is 73.2 Å². The molecule has 0 saturated carbocycles. The summed E-state index contributed by atoms with van der Waals surface area (Å²) in [5, 5.41) is 16.0. The van der Waals surface area contributed by atoms with Gasteiger partial charge in [0.15, 0.2) is 5.96 Å². The van der Waals surface area contributed by atoms with Crippen LogP contribution in [0.1, 0.15) is 24.5 Å². The van der Waals surface area contributed by atoms with Gasteiger partial charge >= 0.3 is 0 Å². The van der Waals surface area contributed by atoms with E-state index in [2.05, 4.69) is 39.2 Å². The lowest BCUT2D eigenvalue weighted by atomic mass is 10.1. The Kier molecular flexibility index (Phi) is 11.2. The number of carbonyl (C=O) groups excluding carboxylic acids is 1. The molecular weight excluding hydrogens is 481 g/mol. The number of nitrogens with zero attached hydrogens (tertiary/aromatic N) is 3. The number of nitrogens with one attached hydrogen (secondary N) is 2. The topological polar surface area (TPSA) is 80.2 Å². The molecule has 8 heteroatoms. The molecule has 1 aliphatic rings. The SMILES string of the molecule is C=C(C)CNC(=NCc1ccccc1CN1CCC(O)C1)NCC(=O)N(C)C.I. The van der Waals surface area contributed by atoms with Crippen molar-refractivity contribution in [3.05, 3.63) is 47.5 Å². The van der Waals surface area contributed by atoms with Gasteiger partial charge in [-0.1, -0.05) is 36.4 Å². The van der Waals surface area contributed by atoms with Crippen molar-refractivity contribution in [2.24, 2.45) is 4.99 Å². The fourth-order valence-electron chi connectivity index (χ4n) is 2.95. The summed E-state index contributed by atoms with van der Waals surface area (Å²) in [6.45, 7) is 9.57. The second kappa shape index (κ2) is 12.8. The van der Waals surface area contributed by atoms with E-state index in [0.29, 0.717) is 19.0 Å². The Labute approximate surface area is 191 Å². The van der Waals surface area contributed by atoms with Crippen molar-refractivity contribution < 1.29 is 9.90 Å². The minimum absolute atomic E-state index is 0. The maximum Gasteiger partial charge on any atom is 0.241 e. The van der Waals surface area contributed by atoms with Gasteiger partial charge < -0.3 is 20.6 Å². The average Bonchev–Trinajstić information content (AvgIpc) is 3.06. The number of amides is 1. The van der Waals surface area contributed by atoms with Gasteiger partial charge in [0.1, 0.15) is 0 Å². The molecule has 1 heterocycles. The number of halogens is 1. The Bertz CT molecular complexity index is 708. The Morgan fingerprint density at radius 3 is 2.52 bits per heavy atom. The molecule has 1 unspecified atom stereocenters. The minimum Gasteiger partial charge on any atom is -0.392 e. The molecule has 2 rings (SSSR count). The molecule has 1 aromatic rings. The summed E-state index contributed by atoms with van der Waals surface area (Å²) in [6, 6.07) is 8.23. The van der Waals surface area contributed by atoms with Crippen molar-refractivity contribution in [3.63, 3.8) is 0 Å². The number of guanidine groups is 1. The number of rotatable bonds is 8. The average molecular weight is 515 g/mol. The molecule has 162 valence electrons. The van der Waals surface area contributed by atoms with Crippen LogP contribution in [0.4, 0.5) is 0 Å². The summed E-state index contributed by atoms with van der Waals surface area (Å²) in [6.07, 6.45) is 0.612. The third-order valence-corrected chi connectivity index (χ3v) is 4.63. The number of benzene rings is 1. The lowest BCUT2D eigenvalue weighted by Crippen LogP contribution is -2.43. The van der Waals surface area contributed by atoms with E-state index in [1.54, 1.807) is 19.0 Å². The maximum absolute atomic E-state index is 11.9. The van der Waals surface area contributed by atoms with Gasteiger partial charge in [-0.2, -0.15) is 0 Å². The first-order valence-electron chi connectivity index (χ1n) is 9.69. The quantitative estimate of drug-likeness (QED) is 0.212. The molecular formula is C21H34IN5O2. The number of hydrogen-bond acceptors (Lipinski definition) is 4. The lowest BCUT2D eigenvalue weighted by molar-refractivity contribution is -0.127. The van der Waals surface area contributed by atoms with Crippen LogP contribution < -0.4 is 10.6 Å². The molecule has 1 aromatic carbocycles. The first-order chi connectivity index (χ1) is 13.3. The third-order valence-electron chi connectivity index (χ3n) is 4.63. The van der Waals surface area contributed by atoms with E-state index >= 15 is 0 Å². The summed E-state index contributed by atoms with van der Waals surface area (Å²) in [4.78, 5) is 20.3. The van der Waals surface area contributed by atoms with Crippen molar-refractivity contribution in [2.45, 2.75) is 32.5 Å². The van der Waals surface area contributed by atoms with Crippen LogP contribution in [0, 0.1) is 0 Å². The molecule has 0 bridgehead atoms. The summed E-state index contributed by atoms with van der Waals surface area (Å²) in [5.41, 5.74) is 3.34. The monoisotopic (exact) mass is 515 g/mol. The summed E-state index contributed by atoms with van der Waals surface area (Å²) in [5.74, 6) is 0.572. The molecule has 3 N–H and O–H groups in total. The van der Waals surface area contributed by atoms with E-state index in [1.807, 2.05) is 19.1 Å². The number of likely N-dealkylation sites (tertiary alicyclic amines) is 1. The Morgan fingerprint density at radius 2 is 1.93 bits per heavy atom. The fraction of sp³-hybridized carbons (Fsp3) is 0.524. The first kappa shape index (κ1) is 25.4. The standard InChI is InChI=1S/C21H33N5O2.HI/c1-16(2)11-22-21(24-13-20(28)25(3)4)23-12-17-7-5-6-8-18(17)14-26-10-9-19(27)15-26;/h5-8,19,27H,1,9-15H2,2-4H3,(H2,22,23,24);1H. The number of aliphatic hydroxyl groups is 1. The Balaban J connectivity index is 0.00000420. The number of aliphatic hydroxyl groups excluding tert-OH is 1. The zero-order valence-electron chi connectivity index (χ0n) is 17.6. The minimum atomic E-state index is -0.221. The van der Waals surface area contributed by atoms with Gasteiger partial charge in [-0.25, -0.2) is 4.99 Å². The molecule has 0 aliphatic carbocycles. The fourth-order valence-corrected chi connectivity index (χ4v) is 2.95. The van der Waals surface area contributed by atoms with Crippen molar-refractivity contribution in [1.82, 2.24) is 20.4 Å². The maximum atomic E-state index is 11.9. The Morgan fingerprint density at radius 1 is 1.28 bits per heavy atom. The van der Waals surface area contributed by atoms with Crippen molar-refractivity contribution in [1.29, 1.82) is 0 Å². The van der Waals surface area contributed by atoms with Gasteiger partial charge in [-0.05, 0) is 24.5 Å². The van der Waals surface area contributed by atoms with Crippen LogP contribution in [0.3, 0.4) is 0 Å². The highest BCUT2D eigenvalue weighted by molar-refractivity contribution is 14.0. The van der Waals surface area contributed by atoms with Gasteiger partial charge in [-0.15, -0.1) is 24.0 Å². The van der Waals surface area contributed by atoms with Crippen LogP contribution in [0.5, 0.6) is 0 Å². The van der Waals surface area contributed by atoms with Crippen LogP contribution in [-0.2, 0) is 17.9 Å². The molecule has 0 aromatic heterocycles. The smallest absolute Gasteiger partial charge is 0.241 e. The second-order valence-electron chi connectivity index (χ2n) is 7.56. The van der Waals surface area contributed by atoms with Gasteiger partial charge in [0.05, 0.1) is 19.2 Å². The van der Waals surface area contributed by atoms with E-state index in [0.717, 1.165) is 37.2 Å². The first-order valence-corrected chi connectivity index (χ1v) is 9.69. The molecule has 29 heavy (non-hydrogen) atoms. The van der Waals surface area contributed by atoms with Gasteiger partial charge in [0.2, 0.25) is 5.91 Å². The molecule has 1 atom stereocenters. The highest BCUT2D eigenvalue weighted by Gasteiger charge is 2.20. The molecule has 1 aliphatic heterocycles. The molecule has 0 spiro atoms. The summed E-state index contributed by atoms with van der Waals surface area (Å²) < 4.78 is 0. The zero-order valence-corrected chi connectivity index (χ0v) is 20.0. The van der Waals surface area contributed by atoms with Crippen molar-refractivity contribution in [3.8, 4) is 0 Å². The highest BCUT2D eigenvalue weighted by atomic mass is 127. The van der Waals surface area contributed by atoms with Crippen LogP contribution in [0.15, 0.2) is 41.4 Å². The molecule has 1 amide bonds. The number of carbonyl (C=O) groups is 1. The summed E-state index contributed by atoms with van der Waals surface area (Å²) >= 11 is 0. The van der Waals surface area contributed by atoms with E-state index in [4.69, 9.17) is 0 Å². The Hall–Kier alpha value is -1.65. The van der Waals surface area contributed by atoms with Crippen molar-refractivity contribution >= 4 is 35.8 Å². The lowest BCUT2D eigenvalue weighted by Gasteiger charge is -2.18. The molecule has 0 radical (unpaired) electrons. The molecule has 1 fully saturated rings. The highest BCUT2D eigenvalue weighted by Crippen LogP contribution is 2.17. The number of hydrogen-bond donors (Lipinski definition) is 3.